The maximum absolute atomic E-state index is 15.0. The van der Waals surface area contributed by atoms with Crippen LogP contribution in [-0.2, 0) is 14.1 Å². The van der Waals surface area contributed by atoms with Crippen molar-refractivity contribution in [1.29, 1.82) is 0 Å². The van der Waals surface area contributed by atoms with Crippen LogP contribution in [0.3, 0.4) is 0 Å². The zero-order valence-electron chi connectivity index (χ0n) is 21.0. The zero-order valence-corrected chi connectivity index (χ0v) is 21.0. The third kappa shape index (κ3) is 3.83. The number of aryl methyl sites for hydroxylation is 2. The smallest absolute Gasteiger partial charge is 0.329 e. The number of imidazole rings is 1. The first-order valence-electron chi connectivity index (χ1n) is 12.6. The van der Waals surface area contributed by atoms with Crippen LogP contribution in [-0.4, -0.2) is 46.7 Å². The molecule has 0 aliphatic heterocycles. The van der Waals surface area contributed by atoms with Gasteiger partial charge in [-0.05, 0) is 37.5 Å². The number of fused-ring (bicyclic) bond motifs is 3. The van der Waals surface area contributed by atoms with Gasteiger partial charge in [-0.15, -0.1) is 5.10 Å². The fraction of sp³-hybridized carbons (Fsp3) is 0.370. The monoisotopic (exact) mass is 504 g/mol. The lowest BCUT2D eigenvalue weighted by molar-refractivity contribution is 0.123. The quantitative estimate of drug-likeness (QED) is 0.359. The van der Waals surface area contributed by atoms with E-state index in [1.54, 1.807) is 38.0 Å². The number of H-pyrrole nitrogens is 1. The Morgan fingerprint density at radius 3 is 2.59 bits per heavy atom. The minimum absolute atomic E-state index is 0.0701. The summed E-state index contributed by atoms with van der Waals surface area (Å²) in [6, 6.07) is 7.56. The summed E-state index contributed by atoms with van der Waals surface area (Å²) in [5.41, 5.74) is 4.49. The summed E-state index contributed by atoms with van der Waals surface area (Å²) in [5, 5.41) is 14.2. The van der Waals surface area contributed by atoms with Gasteiger partial charge in [0.2, 0.25) is 5.95 Å². The van der Waals surface area contributed by atoms with E-state index in [4.69, 9.17) is 4.74 Å². The normalized spacial score (nSPS) is 15.3. The summed E-state index contributed by atoms with van der Waals surface area (Å²) in [7, 11) is 3.44. The largest absolute Gasteiger partial charge is 0.491 e. The minimum Gasteiger partial charge on any atom is -0.491 e. The molecule has 4 aromatic heterocycles. The Labute approximate surface area is 212 Å². The van der Waals surface area contributed by atoms with Gasteiger partial charge in [0.15, 0.2) is 0 Å². The molecule has 0 spiro atoms. The van der Waals surface area contributed by atoms with Crippen LogP contribution in [0.5, 0.6) is 5.75 Å². The highest BCUT2D eigenvalue weighted by atomic mass is 19.1. The lowest BCUT2D eigenvalue weighted by Gasteiger charge is -2.13. The molecule has 1 atom stereocenters. The number of nitrogens with one attached hydrogen (secondary N) is 1. The number of aliphatic hydroxyl groups excluding tert-OH is 1. The van der Waals surface area contributed by atoms with Crippen LogP contribution >= 0.6 is 0 Å². The number of rotatable bonds is 6. The predicted molar refractivity (Wildman–Crippen MR) is 139 cm³/mol. The van der Waals surface area contributed by atoms with Crippen molar-refractivity contribution in [2.75, 3.05) is 6.61 Å². The maximum Gasteiger partial charge on any atom is 0.329 e. The summed E-state index contributed by atoms with van der Waals surface area (Å²) in [6.45, 7) is 1.85. The van der Waals surface area contributed by atoms with E-state index in [0.717, 1.165) is 53.2 Å². The average molecular weight is 505 g/mol. The van der Waals surface area contributed by atoms with Gasteiger partial charge in [0, 0.05) is 31.9 Å². The van der Waals surface area contributed by atoms with E-state index < -0.39 is 12.1 Å². The molecule has 0 amide bonds. The number of halogens is 1. The second-order valence-corrected chi connectivity index (χ2v) is 9.93. The number of hydrogen-bond acceptors (Lipinski definition) is 5. The van der Waals surface area contributed by atoms with Crippen LogP contribution in [0.25, 0.3) is 44.5 Å². The van der Waals surface area contributed by atoms with E-state index in [2.05, 4.69) is 15.1 Å². The summed E-state index contributed by atoms with van der Waals surface area (Å²) in [5.74, 6) is 0.0223. The summed E-state index contributed by atoms with van der Waals surface area (Å²) >= 11 is 0. The Balaban J connectivity index is 1.66. The first-order valence-corrected chi connectivity index (χ1v) is 12.6. The molecule has 192 valence electrons. The molecule has 1 aromatic carbocycles. The van der Waals surface area contributed by atoms with Gasteiger partial charge in [0.05, 0.1) is 40.0 Å². The number of nitrogens with zero attached hydrogens (tertiary/aromatic N) is 5. The second-order valence-electron chi connectivity index (χ2n) is 9.93. The van der Waals surface area contributed by atoms with Crippen molar-refractivity contribution in [3.05, 3.63) is 53.1 Å². The Morgan fingerprint density at radius 1 is 1.22 bits per heavy atom. The van der Waals surface area contributed by atoms with E-state index in [9.17, 15) is 14.3 Å². The molecule has 1 fully saturated rings. The molecule has 37 heavy (non-hydrogen) atoms. The Kier molecular flexibility index (Phi) is 5.63. The van der Waals surface area contributed by atoms with Gasteiger partial charge in [-0.2, -0.15) is 4.39 Å². The zero-order chi connectivity index (χ0) is 25.8. The van der Waals surface area contributed by atoms with Crippen LogP contribution in [0, 0.1) is 5.95 Å². The van der Waals surface area contributed by atoms with Crippen molar-refractivity contribution in [2.45, 2.75) is 44.8 Å². The van der Waals surface area contributed by atoms with Gasteiger partial charge in [-0.1, -0.05) is 25.0 Å². The van der Waals surface area contributed by atoms with Crippen molar-refractivity contribution in [1.82, 2.24) is 28.9 Å². The second kappa shape index (κ2) is 8.88. The Morgan fingerprint density at radius 2 is 1.95 bits per heavy atom. The molecule has 0 bridgehead atoms. The standard InChI is InChI=1S/C27H29FN6O3/c1-15(35)14-37-18-10-8-16(9-11-18)21-22-24-20(33(3)27(36)34(24)17-6-4-5-7-17)12-29-26(22)30-23(21)19-13-32(2)31-25(19)28/h8-13,15,17,35H,4-7,14H2,1-3H3,(H,29,30). The van der Waals surface area contributed by atoms with E-state index in [-0.39, 0.29) is 18.3 Å². The van der Waals surface area contributed by atoms with Crippen LogP contribution in [0.1, 0.15) is 38.6 Å². The van der Waals surface area contributed by atoms with Gasteiger partial charge in [-0.3, -0.25) is 13.8 Å². The highest BCUT2D eigenvalue weighted by Crippen LogP contribution is 2.43. The highest BCUT2D eigenvalue weighted by molar-refractivity contribution is 6.14. The first-order chi connectivity index (χ1) is 17.8. The van der Waals surface area contributed by atoms with Crippen molar-refractivity contribution < 1.29 is 14.2 Å². The summed E-state index contributed by atoms with van der Waals surface area (Å²) in [6.07, 6.45) is 6.82. The lowest BCUT2D eigenvalue weighted by Crippen LogP contribution is -2.24. The molecule has 1 unspecified atom stereocenters. The highest BCUT2D eigenvalue weighted by Gasteiger charge is 2.28. The summed E-state index contributed by atoms with van der Waals surface area (Å²) < 4.78 is 25.6. The molecule has 9 nitrogen and oxygen atoms in total. The fourth-order valence-corrected chi connectivity index (χ4v) is 5.53. The Hall–Kier alpha value is -3.92. The first kappa shape index (κ1) is 23.5. The van der Waals surface area contributed by atoms with Crippen molar-refractivity contribution in [3.63, 3.8) is 0 Å². The average Bonchev–Trinajstić information content (AvgIpc) is 3.64. The van der Waals surface area contributed by atoms with Crippen LogP contribution in [0.15, 0.2) is 41.5 Å². The molecule has 6 rings (SSSR count). The van der Waals surface area contributed by atoms with Crippen molar-refractivity contribution >= 4 is 22.1 Å². The minimum atomic E-state index is -0.593. The third-order valence-corrected chi connectivity index (χ3v) is 7.25. The number of hydrogen-bond donors (Lipinski definition) is 2. The molecule has 4 heterocycles. The number of aromatic amines is 1. The third-order valence-electron chi connectivity index (χ3n) is 7.25. The maximum atomic E-state index is 15.0. The molecule has 1 aliphatic carbocycles. The van der Waals surface area contributed by atoms with Crippen LogP contribution < -0.4 is 10.4 Å². The Bertz CT molecular complexity index is 1670. The number of ether oxygens (including phenoxy) is 1. The summed E-state index contributed by atoms with van der Waals surface area (Å²) in [4.78, 5) is 21.4. The SMILES string of the molecule is CC(O)COc1ccc(-c2c(-c3cn(C)nc3F)[nH]c3ncc4c(c23)n(C2CCCC2)c(=O)n4C)cc1. The number of benzene rings is 1. The number of aromatic nitrogens is 6. The van der Waals surface area contributed by atoms with Crippen molar-refractivity contribution in [3.8, 4) is 28.1 Å². The van der Waals surface area contributed by atoms with E-state index in [1.165, 1.54) is 4.68 Å². The molecule has 1 aliphatic rings. The van der Waals surface area contributed by atoms with Gasteiger partial charge in [0.25, 0.3) is 0 Å². The van der Waals surface area contributed by atoms with E-state index in [0.29, 0.717) is 22.7 Å². The van der Waals surface area contributed by atoms with Crippen LogP contribution in [0.4, 0.5) is 4.39 Å². The molecule has 2 N–H and O–H groups in total. The van der Waals surface area contributed by atoms with E-state index >= 15 is 0 Å². The van der Waals surface area contributed by atoms with Gasteiger partial charge < -0.3 is 14.8 Å². The molecule has 10 heteroatoms. The number of pyridine rings is 1. The molecule has 0 radical (unpaired) electrons. The lowest BCUT2D eigenvalue weighted by atomic mass is 9.99. The fourth-order valence-electron chi connectivity index (χ4n) is 5.53. The van der Waals surface area contributed by atoms with Gasteiger partial charge in [-0.25, -0.2) is 9.78 Å². The molecule has 5 aromatic rings. The van der Waals surface area contributed by atoms with E-state index in [1.807, 2.05) is 28.8 Å². The van der Waals surface area contributed by atoms with Gasteiger partial charge in [0.1, 0.15) is 18.0 Å². The topological polar surface area (TPSA) is 103 Å². The number of aliphatic hydroxyl groups is 1. The van der Waals surface area contributed by atoms with Gasteiger partial charge >= 0.3 is 5.69 Å². The molecule has 0 saturated heterocycles. The molecular formula is C27H29FN6O3. The van der Waals surface area contributed by atoms with Crippen LogP contribution in [0.2, 0.25) is 0 Å². The molecule has 1 saturated carbocycles. The molecular weight excluding hydrogens is 475 g/mol. The predicted octanol–water partition coefficient (Wildman–Crippen LogP) is 4.30. The van der Waals surface area contributed by atoms with Crippen molar-refractivity contribution in [2.24, 2.45) is 14.1 Å².